The van der Waals surface area contributed by atoms with Gasteiger partial charge in [0.25, 0.3) is 0 Å². The first-order chi connectivity index (χ1) is 7.24. The molecule has 2 rings (SSSR count). The Morgan fingerprint density at radius 3 is 2.25 bits per heavy atom. The molecule has 88 valence electrons. The largest absolute Gasteiger partial charge is 0.507 e. The topological polar surface area (TPSA) is 46.2 Å². The lowest BCUT2D eigenvalue weighted by atomic mass is 9.83. The smallest absolute Gasteiger partial charge is 0.122 e. The maximum Gasteiger partial charge on any atom is 0.122 e. The summed E-state index contributed by atoms with van der Waals surface area (Å²) in [5.41, 5.74) is 9.15. The van der Waals surface area contributed by atoms with E-state index >= 15 is 0 Å². The van der Waals surface area contributed by atoms with Crippen molar-refractivity contribution < 1.29 is 5.11 Å². The van der Waals surface area contributed by atoms with Gasteiger partial charge in [-0.25, -0.2) is 0 Å². The summed E-state index contributed by atoms with van der Waals surface area (Å²) >= 11 is 0. The van der Waals surface area contributed by atoms with Gasteiger partial charge in [-0.3, -0.25) is 0 Å². The molecular formula is C14H21NO. The molecule has 1 saturated carbocycles. The number of aromatic hydroxyl groups is 1. The Morgan fingerprint density at radius 1 is 1.25 bits per heavy atom. The van der Waals surface area contributed by atoms with Crippen molar-refractivity contribution in [3.05, 3.63) is 28.8 Å². The third kappa shape index (κ3) is 1.82. The summed E-state index contributed by atoms with van der Waals surface area (Å²) in [6.07, 6.45) is 2.11. The molecule has 0 aromatic heterocycles. The molecule has 2 heteroatoms. The number of phenols is 1. The quantitative estimate of drug-likeness (QED) is 0.762. The highest BCUT2D eigenvalue weighted by molar-refractivity contribution is 5.49. The molecule has 0 amide bonds. The van der Waals surface area contributed by atoms with Crippen LogP contribution in [0.1, 0.15) is 50.3 Å². The fraction of sp³-hybridized carbons (Fsp3) is 0.571. The molecule has 1 aliphatic rings. The van der Waals surface area contributed by atoms with Gasteiger partial charge in [0.1, 0.15) is 5.75 Å². The second-order valence-electron chi connectivity index (χ2n) is 6.10. The van der Waals surface area contributed by atoms with Gasteiger partial charge < -0.3 is 10.8 Å². The second kappa shape index (κ2) is 3.24. The monoisotopic (exact) mass is 219 g/mol. The summed E-state index contributed by atoms with van der Waals surface area (Å²) < 4.78 is 0. The Hall–Kier alpha value is -1.02. The van der Waals surface area contributed by atoms with Gasteiger partial charge in [0.05, 0.1) is 0 Å². The van der Waals surface area contributed by atoms with Crippen LogP contribution in [0.3, 0.4) is 0 Å². The van der Waals surface area contributed by atoms with Gasteiger partial charge >= 0.3 is 0 Å². The SMILES string of the molecule is Cc1cc(C2(N)CC2)cc(C(C)(C)C)c1O. The van der Waals surface area contributed by atoms with Crippen molar-refractivity contribution in [3.63, 3.8) is 0 Å². The maximum absolute atomic E-state index is 10.1. The Morgan fingerprint density at radius 2 is 1.81 bits per heavy atom. The van der Waals surface area contributed by atoms with Gasteiger partial charge in [-0.15, -0.1) is 0 Å². The van der Waals surface area contributed by atoms with Gasteiger partial charge in [-0.05, 0) is 47.9 Å². The predicted octanol–water partition coefficient (Wildman–Crippen LogP) is 2.95. The van der Waals surface area contributed by atoms with Crippen LogP contribution >= 0.6 is 0 Å². The predicted molar refractivity (Wildman–Crippen MR) is 66.6 cm³/mol. The minimum atomic E-state index is -0.127. The van der Waals surface area contributed by atoms with Crippen LogP contribution in [0.15, 0.2) is 12.1 Å². The van der Waals surface area contributed by atoms with E-state index in [2.05, 4.69) is 26.8 Å². The normalized spacial score (nSPS) is 18.6. The van der Waals surface area contributed by atoms with Crippen LogP contribution in [0.4, 0.5) is 0 Å². The minimum Gasteiger partial charge on any atom is -0.507 e. The average molecular weight is 219 g/mol. The number of nitrogens with two attached hydrogens (primary N) is 1. The van der Waals surface area contributed by atoms with E-state index in [1.165, 1.54) is 5.56 Å². The third-order valence-corrected chi connectivity index (χ3v) is 3.47. The van der Waals surface area contributed by atoms with E-state index in [1.54, 1.807) is 0 Å². The zero-order chi connectivity index (χ0) is 12.1. The highest BCUT2D eigenvalue weighted by Gasteiger charge is 2.41. The highest BCUT2D eigenvalue weighted by atomic mass is 16.3. The summed E-state index contributed by atoms with van der Waals surface area (Å²) in [6, 6.07) is 4.10. The standard InChI is InChI=1S/C14H21NO/c1-9-7-10(14(15)5-6-14)8-11(12(9)16)13(2,3)4/h7-8,16H,5-6,15H2,1-4H3. The van der Waals surface area contributed by atoms with Crippen molar-refractivity contribution in [1.29, 1.82) is 0 Å². The molecule has 0 saturated heterocycles. The number of rotatable bonds is 1. The van der Waals surface area contributed by atoms with E-state index in [0.29, 0.717) is 5.75 Å². The van der Waals surface area contributed by atoms with E-state index in [4.69, 9.17) is 5.73 Å². The number of hydrogen-bond acceptors (Lipinski definition) is 2. The first kappa shape index (κ1) is 11.5. The molecule has 0 bridgehead atoms. The fourth-order valence-electron chi connectivity index (χ4n) is 2.06. The van der Waals surface area contributed by atoms with E-state index < -0.39 is 0 Å². The Kier molecular flexibility index (Phi) is 2.32. The van der Waals surface area contributed by atoms with Crippen molar-refractivity contribution in [2.24, 2.45) is 5.73 Å². The molecule has 0 spiro atoms. The van der Waals surface area contributed by atoms with Crippen LogP contribution in [-0.4, -0.2) is 5.11 Å². The van der Waals surface area contributed by atoms with Gasteiger partial charge in [-0.2, -0.15) is 0 Å². The zero-order valence-electron chi connectivity index (χ0n) is 10.6. The van der Waals surface area contributed by atoms with Gasteiger partial charge in [0.15, 0.2) is 0 Å². The lowest BCUT2D eigenvalue weighted by Crippen LogP contribution is -2.21. The van der Waals surface area contributed by atoms with E-state index in [0.717, 1.165) is 24.0 Å². The lowest BCUT2D eigenvalue weighted by molar-refractivity contribution is 0.441. The van der Waals surface area contributed by atoms with Crippen LogP contribution in [0.5, 0.6) is 5.75 Å². The fourth-order valence-corrected chi connectivity index (χ4v) is 2.06. The molecule has 0 atom stereocenters. The molecule has 1 aromatic carbocycles. The van der Waals surface area contributed by atoms with Crippen molar-refractivity contribution >= 4 is 0 Å². The van der Waals surface area contributed by atoms with Gasteiger partial charge in [0, 0.05) is 5.54 Å². The number of phenolic OH excluding ortho intramolecular Hbond substituents is 1. The van der Waals surface area contributed by atoms with Crippen molar-refractivity contribution in [1.82, 2.24) is 0 Å². The van der Waals surface area contributed by atoms with Gasteiger partial charge in [0.2, 0.25) is 0 Å². The Bertz CT molecular complexity index is 425. The molecule has 16 heavy (non-hydrogen) atoms. The molecule has 1 aliphatic carbocycles. The molecule has 1 aromatic rings. The van der Waals surface area contributed by atoms with E-state index in [-0.39, 0.29) is 11.0 Å². The first-order valence-corrected chi connectivity index (χ1v) is 5.87. The summed E-state index contributed by atoms with van der Waals surface area (Å²) in [4.78, 5) is 0. The second-order valence-corrected chi connectivity index (χ2v) is 6.10. The number of aryl methyl sites for hydroxylation is 1. The summed E-state index contributed by atoms with van der Waals surface area (Å²) in [7, 11) is 0. The first-order valence-electron chi connectivity index (χ1n) is 5.87. The van der Waals surface area contributed by atoms with E-state index in [1.807, 2.05) is 13.0 Å². The molecule has 0 unspecified atom stereocenters. The molecule has 3 N–H and O–H groups in total. The summed E-state index contributed by atoms with van der Waals surface area (Å²) in [5.74, 6) is 0.417. The van der Waals surface area contributed by atoms with Crippen LogP contribution in [0, 0.1) is 6.92 Å². The van der Waals surface area contributed by atoms with Crippen LogP contribution in [-0.2, 0) is 11.0 Å². The third-order valence-electron chi connectivity index (χ3n) is 3.47. The summed E-state index contributed by atoms with van der Waals surface area (Å²) in [5, 5.41) is 10.1. The van der Waals surface area contributed by atoms with Crippen molar-refractivity contribution in [3.8, 4) is 5.75 Å². The van der Waals surface area contributed by atoms with Crippen LogP contribution in [0.25, 0.3) is 0 Å². The van der Waals surface area contributed by atoms with Crippen LogP contribution in [0.2, 0.25) is 0 Å². The number of hydrogen-bond donors (Lipinski definition) is 2. The van der Waals surface area contributed by atoms with Crippen molar-refractivity contribution in [2.45, 2.75) is 51.5 Å². The zero-order valence-corrected chi connectivity index (χ0v) is 10.6. The molecule has 2 nitrogen and oxygen atoms in total. The molecule has 0 heterocycles. The maximum atomic E-state index is 10.1. The highest BCUT2D eigenvalue weighted by Crippen LogP contribution is 2.45. The number of benzene rings is 1. The Balaban J connectivity index is 2.56. The minimum absolute atomic E-state index is 0.0455. The van der Waals surface area contributed by atoms with Crippen LogP contribution < -0.4 is 5.73 Å². The average Bonchev–Trinajstić information content (AvgIpc) is 2.87. The van der Waals surface area contributed by atoms with E-state index in [9.17, 15) is 5.11 Å². The molecule has 0 aliphatic heterocycles. The van der Waals surface area contributed by atoms with Crippen molar-refractivity contribution in [2.75, 3.05) is 0 Å². The Labute approximate surface area is 97.5 Å². The molecule has 1 fully saturated rings. The molecular weight excluding hydrogens is 198 g/mol. The summed E-state index contributed by atoms with van der Waals surface area (Å²) in [6.45, 7) is 8.28. The lowest BCUT2D eigenvalue weighted by Gasteiger charge is -2.24. The van der Waals surface area contributed by atoms with Gasteiger partial charge in [-0.1, -0.05) is 26.8 Å². The molecule has 0 radical (unpaired) electrons.